The van der Waals surface area contributed by atoms with Crippen molar-refractivity contribution >= 4 is 33.7 Å². The summed E-state index contributed by atoms with van der Waals surface area (Å²) in [4.78, 5) is 59.8. The third kappa shape index (κ3) is 8.39. The van der Waals surface area contributed by atoms with E-state index in [1.807, 2.05) is 0 Å². The summed E-state index contributed by atoms with van der Waals surface area (Å²) in [6.45, 7) is 12.0. The van der Waals surface area contributed by atoms with Crippen molar-refractivity contribution in [3.8, 4) is 0 Å². The van der Waals surface area contributed by atoms with Crippen LogP contribution < -0.4 is 32.2 Å². The van der Waals surface area contributed by atoms with E-state index in [9.17, 15) is 19.2 Å². The summed E-state index contributed by atoms with van der Waals surface area (Å²) in [6, 6.07) is 3.35. The third-order valence-corrected chi connectivity index (χ3v) is 5.48. The van der Waals surface area contributed by atoms with Crippen LogP contribution in [0.15, 0.2) is 44.1 Å². The Morgan fingerprint density at radius 3 is 1.45 bits per heavy atom. The lowest BCUT2D eigenvalue weighted by atomic mass is 10.0. The molecule has 2 amide bonds. The molecule has 0 aliphatic rings. The summed E-state index contributed by atoms with van der Waals surface area (Å²) in [5.41, 5.74) is -1.84. The van der Waals surface area contributed by atoms with Crippen LogP contribution in [-0.4, -0.2) is 59.8 Å². The summed E-state index contributed by atoms with van der Waals surface area (Å²) in [5.74, 6) is 0. The molecule has 1 heterocycles. The molecule has 4 N–H and O–H groups in total. The molecule has 0 saturated carbocycles. The van der Waals surface area contributed by atoms with Crippen molar-refractivity contribution in [2.24, 2.45) is 9.98 Å². The standard InChI is InChI=1S/C28H38N6O6/c1-27(2,3)39-25(37)31-13-7-11-29-19-9-10-20(30-12-8-14-32-26(38)40-28(4,5)6)22-21(19)23(35)17-15-33-34-16-18(17)24(22)36/h9-10,15-16,33-34H,7-8,11-14H2,1-6H3,(H,31,37)(H,32,38). The summed E-state index contributed by atoms with van der Waals surface area (Å²) in [6.07, 6.45) is 2.90. The maximum absolute atomic E-state index is 13.5. The number of carbonyl (C=O) groups excluding carboxylic acids is 2. The predicted molar refractivity (Wildman–Crippen MR) is 152 cm³/mol. The van der Waals surface area contributed by atoms with Gasteiger partial charge in [0.15, 0.2) is 10.9 Å². The van der Waals surface area contributed by atoms with Gasteiger partial charge in [-0.15, -0.1) is 0 Å². The number of ether oxygens (including phenoxy) is 2. The number of hydrogen-bond donors (Lipinski definition) is 4. The second-order valence-electron chi connectivity index (χ2n) is 11.2. The Balaban J connectivity index is 1.86. The first-order valence-electron chi connectivity index (χ1n) is 13.2. The minimum atomic E-state index is -0.590. The van der Waals surface area contributed by atoms with Gasteiger partial charge < -0.3 is 30.3 Å². The molecule has 0 saturated heterocycles. The molecule has 0 aliphatic heterocycles. The number of benzene rings is 2. The van der Waals surface area contributed by atoms with Crippen LogP contribution in [0.25, 0.3) is 21.5 Å². The van der Waals surface area contributed by atoms with Gasteiger partial charge in [-0.2, -0.15) is 0 Å². The lowest BCUT2D eigenvalue weighted by molar-refractivity contribution is 0.0516. The first-order chi connectivity index (χ1) is 18.8. The van der Waals surface area contributed by atoms with Crippen molar-refractivity contribution in [1.29, 1.82) is 0 Å². The number of H-pyrrole nitrogens is 2. The zero-order chi connectivity index (χ0) is 29.5. The maximum atomic E-state index is 13.5. The highest BCUT2D eigenvalue weighted by molar-refractivity contribution is 5.96. The molecule has 0 spiro atoms. The van der Waals surface area contributed by atoms with E-state index in [4.69, 9.17) is 9.47 Å². The Kier molecular flexibility index (Phi) is 9.67. The molecule has 3 aromatic rings. The predicted octanol–water partition coefficient (Wildman–Crippen LogP) is 2.44. The molecular formula is C28H38N6O6. The normalized spacial score (nSPS) is 13.1. The van der Waals surface area contributed by atoms with Gasteiger partial charge in [0.05, 0.1) is 32.3 Å². The van der Waals surface area contributed by atoms with Crippen molar-refractivity contribution in [2.45, 2.75) is 65.6 Å². The summed E-state index contributed by atoms with van der Waals surface area (Å²) >= 11 is 0. The molecule has 12 nitrogen and oxygen atoms in total. The molecule has 216 valence electrons. The van der Waals surface area contributed by atoms with Crippen LogP contribution in [0.3, 0.4) is 0 Å². The van der Waals surface area contributed by atoms with Gasteiger partial charge in [0.25, 0.3) is 0 Å². The summed E-state index contributed by atoms with van der Waals surface area (Å²) < 4.78 is 10.4. The lowest BCUT2D eigenvalue weighted by Gasteiger charge is -2.19. The molecule has 0 aliphatic carbocycles. The molecule has 0 atom stereocenters. The number of fused-ring (bicyclic) bond motifs is 2. The molecule has 0 unspecified atom stereocenters. The van der Waals surface area contributed by atoms with Gasteiger partial charge >= 0.3 is 12.2 Å². The van der Waals surface area contributed by atoms with E-state index < -0.39 is 23.4 Å². The van der Waals surface area contributed by atoms with E-state index in [2.05, 4.69) is 30.8 Å². The molecule has 2 aromatic carbocycles. The van der Waals surface area contributed by atoms with E-state index in [0.717, 1.165) is 0 Å². The Morgan fingerprint density at radius 2 is 1.10 bits per heavy atom. The van der Waals surface area contributed by atoms with E-state index in [0.29, 0.717) is 49.7 Å². The zero-order valence-electron chi connectivity index (χ0n) is 23.9. The number of nitrogens with zero attached hydrogens (tertiary/aromatic N) is 2. The number of aromatic nitrogens is 2. The fraction of sp³-hybridized carbons (Fsp3) is 0.500. The average Bonchev–Trinajstić information content (AvgIpc) is 2.85. The second-order valence-corrected chi connectivity index (χ2v) is 11.2. The van der Waals surface area contributed by atoms with Gasteiger partial charge in [-0.05, 0) is 66.5 Å². The largest absolute Gasteiger partial charge is 0.444 e. The molecule has 0 bridgehead atoms. The first-order valence-corrected chi connectivity index (χ1v) is 13.2. The quantitative estimate of drug-likeness (QED) is 0.246. The van der Waals surface area contributed by atoms with Crippen LogP contribution in [0.5, 0.6) is 0 Å². The van der Waals surface area contributed by atoms with E-state index in [-0.39, 0.29) is 32.4 Å². The minimum absolute atomic E-state index is 0.199. The zero-order valence-corrected chi connectivity index (χ0v) is 23.9. The molecular weight excluding hydrogens is 516 g/mol. The van der Waals surface area contributed by atoms with E-state index in [1.54, 1.807) is 53.7 Å². The van der Waals surface area contributed by atoms with Crippen LogP contribution in [0.1, 0.15) is 54.4 Å². The first kappa shape index (κ1) is 30.3. The lowest BCUT2D eigenvalue weighted by Crippen LogP contribution is -2.33. The second kappa shape index (κ2) is 12.8. The maximum Gasteiger partial charge on any atom is 0.407 e. The molecule has 0 radical (unpaired) electrons. The molecule has 40 heavy (non-hydrogen) atoms. The third-order valence-electron chi connectivity index (χ3n) is 5.48. The fourth-order valence-electron chi connectivity index (χ4n) is 3.90. The van der Waals surface area contributed by atoms with E-state index >= 15 is 0 Å². The van der Waals surface area contributed by atoms with Gasteiger partial charge in [-0.25, -0.2) is 9.59 Å². The molecule has 3 rings (SSSR count). The highest BCUT2D eigenvalue weighted by Gasteiger charge is 2.17. The molecule has 1 aromatic heterocycles. The van der Waals surface area contributed by atoms with Crippen LogP contribution in [0, 0.1) is 0 Å². The van der Waals surface area contributed by atoms with Crippen molar-refractivity contribution < 1.29 is 19.1 Å². The number of aromatic amines is 2. The Bertz CT molecular complexity index is 1490. The highest BCUT2D eigenvalue weighted by atomic mass is 16.6. The van der Waals surface area contributed by atoms with Gasteiger partial charge in [-0.3, -0.25) is 19.6 Å². The van der Waals surface area contributed by atoms with Crippen LogP contribution in [0.2, 0.25) is 0 Å². The molecule has 0 fully saturated rings. The van der Waals surface area contributed by atoms with E-state index in [1.165, 1.54) is 12.4 Å². The Morgan fingerprint density at radius 1 is 0.725 bits per heavy atom. The Labute approximate surface area is 231 Å². The number of amides is 2. The van der Waals surface area contributed by atoms with Crippen molar-refractivity contribution in [3.63, 3.8) is 0 Å². The van der Waals surface area contributed by atoms with Crippen molar-refractivity contribution in [3.05, 3.63) is 55.7 Å². The molecule has 12 heteroatoms. The van der Waals surface area contributed by atoms with Crippen LogP contribution in [0.4, 0.5) is 9.59 Å². The smallest absolute Gasteiger partial charge is 0.407 e. The number of alkyl carbamates (subject to hydrolysis) is 2. The Hall–Kier alpha value is -4.22. The van der Waals surface area contributed by atoms with Crippen LogP contribution >= 0.6 is 0 Å². The number of hydrogen-bond acceptors (Lipinski definition) is 8. The summed E-state index contributed by atoms with van der Waals surface area (Å²) in [7, 11) is 0. The monoisotopic (exact) mass is 554 g/mol. The van der Waals surface area contributed by atoms with Gasteiger partial charge in [0.2, 0.25) is 0 Å². The van der Waals surface area contributed by atoms with Crippen LogP contribution in [-0.2, 0) is 9.47 Å². The fourth-order valence-corrected chi connectivity index (χ4v) is 3.90. The summed E-state index contributed by atoms with van der Waals surface area (Å²) in [5, 5.41) is 12.5. The van der Waals surface area contributed by atoms with Gasteiger partial charge in [0.1, 0.15) is 11.2 Å². The topological polar surface area (TPSA) is 167 Å². The average molecular weight is 555 g/mol. The number of nitrogens with one attached hydrogen (secondary N) is 4. The minimum Gasteiger partial charge on any atom is -0.444 e. The SMILES string of the molecule is CC(C)(C)OC(=O)NCCCN=c1ccc(=NCCCNC(=O)OC(C)(C)C)c2c(=O)c3c[nH][nH]cc3c(=O)c12. The van der Waals surface area contributed by atoms with Gasteiger partial charge in [0, 0.05) is 38.6 Å². The van der Waals surface area contributed by atoms with Crippen molar-refractivity contribution in [1.82, 2.24) is 20.8 Å². The number of rotatable bonds is 8. The van der Waals surface area contributed by atoms with Crippen molar-refractivity contribution in [2.75, 3.05) is 26.2 Å². The van der Waals surface area contributed by atoms with Gasteiger partial charge in [-0.1, -0.05) is 0 Å². The number of carbonyl (C=O) groups is 2. The highest BCUT2D eigenvalue weighted by Crippen LogP contribution is 2.08.